The van der Waals surface area contributed by atoms with Crippen molar-refractivity contribution < 1.29 is 22.7 Å². The van der Waals surface area contributed by atoms with Crippen LogP contribution in [0.4, 0.5) is 18.9 Å². The maximum atomic E-state index is 13.0. The number of nitrogens with zero attached hydrogens (tertiary/aromatic N) is 1. The Hall–Kier alpha value is -2.57. The van der Waals surface area contributed by atoms with Crippen LogP contribution >= 0.6 is 0 Å². The number of carbonyl (C=O) groups excluding carboxylic acids is 1. The second-order valence-corrected chi connectivity index (χ2v) is 4.17. The molecule has 0 bridgehead atoms. The first-order valence-corrected chi connectivity index (χ1v) is 5.86. The first kappa shape index (κ1) is 14.8. The Balaban J connectivity index is 2.61. The Bertz CT molecular complexity index is 684. The first-order valence-electron chi connectivity index (χ1n) is 5.86. The van der Waals surface area contributed by atoms with E-state index in [1.165, 1.54) is 30.3 Å². The summed E-state index contributed by atoms with van der Waals surface area (Å²) in [6, 6.07) is 7.62. The molecule has 0 aliphatic heterocycles. The zero-order chi connectivity index (χ0) is 15.6. The van der Waals surface area contributed by atoms with Crippen molar-refractivity contribution in [2.24, 2.45) is 0 Å². The van der Waals surface area contributed by atoms with Crippen molar-refractivity contribution in [3.05, 3.63) is 47.7 Å². The van der Waals surface area contributed by atoms with E-state index in [1.807, 2.05) is 0 Å². The predicted molar refractivity (Wildman–Crippen MR) is 70.4 cm³/mol. The molecule has 0 unspecified atom stereocenters. The van der Waals surface area contributed by atoms with Gasteiger partial charge in [0, 0.05) is 5.56 Å². The molecule has 1 aromatic heterocycles. The van der Waals surface area contributed by atoms with Crippen LogP contribution in [0.15, 0.2) is 36.4 Å². The summed E-state index contributed by atoms with van der Waals surface area (Å²) in [7, 11) is 1.14. The van der Waals surface area contributed by atoms with E-state index in [1.54, 1.807) is 0 Å². The molecule has 4 nitrogen and oxygen atoms in total. The van der Waals surface area contributed by atoms with E-state index in [2.05, 4.69) is 9.72 Å². The summed E-state index contributed by atoms with van der Waals surface area (Å²) < 4.78 is 43.5. The number of nitrogens with two attached hydrogens (primary N) is 1. The van der Waals surface area contributed by atoms with Crippen molar-refractivity contribution >= 4 is 11.7 Å². The van der Waals surface area contributed by atoms with Gasteiger partial charge < -0.3 is 10.5 Å². The summed E-state index contributed by atoms with van der Waals surface area (Å²) >= 11 is 0. The molecule has 0 saturated carbocycles. The van der Waals surface area contributed by atoms with Crippen molar-refractivity contribution in [3.8, 4) is 11.3 Å². The van der Waals surface area contributed by atoms with Crippen LogP contribution in [0.5, 0.6) is 0 Å². The highest BCUT2D eigenvalue weighted by atomic mass is 19.4. The SMILES string of the molecule is COC(=O)c1nc(-c2ccccc2C(F)(F)F)ccc1N. The number of ether oxygens (including phenoxy) is 1. The van der Waals surface area contributed by atoms with E-state index in [4.69, 9.17) is 5.73 Å². The largest absolute Gasteiger partial charge is 0.464 e. The number of carbonyl (C=O) groups is 1. The highest BCUT2D eigenvalue weighted by Gasteiger charge is 2.33. The molecule has 0 atom stereocenters. The topological polar surface area (TPSA) is 65.2 Å². The van der Waals surface area contributed by atoms with E-state index in [-0.39, 0.29) is 22.6 Å². The lowest BCUT2D eigenvalue weighted by Gasteiger charge is -2.13. The standard InChI is InChI=1S/C14H11F3N2O2/c1-21-13(20)12-10(18)6-7-11(19-12)8-4-2-3-5-9(8)14(15,16)17/h2-7H,18H2,1H3. The van der Waals surface area contributed by atoms with E-state index in [9.17, 15) is 18.0 Å². The van der Waals surface area contributed by atoms with Gasteiger partial charge in [0.1, 0.15) is 0 Å². The number of pyridine rings is 1. The summed E-state index contributed by atoms with van der Waals surface area (Å²) in [5.41, 5.74) is 4.44. The van der Waals surface area contributed by atoms with Gasteiger partial charge in [-0.3, -0.25) is 0 Å². The van der Waals surface area contributed by atoms with Crippen LogP contribution in [0.25, 0.3) is 11.3 Å². The summed E-state index contributed by atoms with van der Waals surface area (Å²) in [5, 5.41) is 0. The third-order valence-corrected chi connectivity index (χ3v) is 2.81. The molecule has 1 aromatic carbocycles. The van der Waals surface area contributed by atoms with E-state index in [0.29, 0.717) is 0 Å². The van der Waals surface area contributed by atoms with Crippen molar-refractivity contribution in [2.45, 2.75) is 6.18 Å². The van der Waals surface area contributed by atoms with Gasteiger partial charge in [-0.05, 0) is 18.2 Å². The van der Waals surface area contributed by atoms with Crippen LogP contribution < -0.4 is 5.73 Å². The van der Waals surface area contributed by atoms with Crippen molar-refractivity contribution in [3.63, 3.8) is 0 Å². The summed E-state index contributed by atoms with van der Waals surface area (Å²) in [4.78, 5) is 15.4. The first-order chi connectivity index (χ1) is 9.84. The Morgan fingerprint density at radius 3 is 2.48 bits per heavy atom. The number of benzene rings is 1. The quantitative estimate of drug-likeness (QED) is 0.865. The lowest BCUT2D eigenvalue weighted by Crippen LogP contribution is -2.11. The fourth-order valence-corrected chi connectivity index (χ4v) is 1.83. The Morgan fingerprint density at radius 1 is 1.19 bits per heavy atom. The zero-order valence-electron chi connectivity index (χ0n) is 10.9. The number of alkyl halides is 3. The number of hydrogen-bond donors (Lipinski definition) is 1. The Morgan fingerprint density at radius 2 is 1.86 bits per heavy atom. The normalized spacial score (nSPS) is 11.2. The highest BCUT2D eigenvalue weighted by molar-refractivity contribution is 5.93. The molecule has 0 saturated heterocycles. The maximum Gasteiger partial charge on any atom is 0.417 e. The monoisotopic (exact) mass is 296 g/mol. The van der Waals surface area contributed by atoms with E-state index >= 15 is 0 Å². The summed E-state index contributed by atoms with van der Waals surface area (Å²) in [5.74, 6) is -0.807. The third kappa shape index (κ3) is 2.96. The molecule has 0 radical (unpaired) electrons. The van der Waals surface area contributed by atoms with Gasteiger partial charge >= 0.3 is 12.1 Å². The van der Waals surface area contributed by atoms with Crippen LogP contribution in [-0.4, -0.2) is 18.1 Å². The number of methoxy groups -OCH3 is 1. The van der Waals surface area contributed by atoms with E-state index in [0.717, 1.165) is 13.2 Å². The molecular formula is C14H11F3N2O2. The third-order valence-electron chi connectivity index (χ3n) is 2.81. The van der Waals surface area contributed by atoms with Crippen LogP contribution in [-0.2, 0) is 10.9 Å². The average Bonchev–Trinajstić information content (AvgIpc) is 2.46. The molecule has 7 heteroatoms. The Kier molecular flexibility index (Phi) is 3.84. The molecule has 110 valence electrons. The number of anilines is 1. The maximum absolute atomic E-state index is 13.0. The molecule has 1 heterocycles. The van der Waals surface area contributed by atoms with Gasteiger partial charge in [-0.2, -0.15) is 13.2 Å². The number of hydrogen-bond acceptors (Lipinski definition) is 4. The molecule has 0 spiro atoms. The second kappa shape index (κ2) is 5.43. The Labute approximate surface area is 118 Å². The lowest BCUT2D eigenvalue weighted by atomic mass is 10.0. The minimum absolute atomic E-state index is 0.00229. The van der Waals surface area contributed by atoms with Gasteiger partial charge in [0.05, 0.1) is 24.1 Å². The number of esters is 1. The van der Waals surface area contributed by atoms with Crippen molar-refractivity contribution in [1.29, 1.82) is 0 Å². The van der Waals surface area contributed by atoms with Crippen LogP contribution in [0, 0.1) is 0 Å². The smallest absolute Gasteiger partial charge is 0.417 e. The number of aromatic nitrogens is 1. The molecule has 0 amide bonds. The summed E-state index contributed by atoms with van der Waals surface area (Å²) in [6.07, 6.45) is -4.52. The average molecular weight is 296 g/mol. The van der Waals surface area contributed by atoms with Crippen molar-refractivity contribution in [1.82, 2.24) is 4.98 Å². The minimum Gasteiger partial charge on any atom is -0.464 e. The van der Waals surface area contributed by atoms with Crippen LogP contribution in [0.3, 0.4) is 0 Å². The highest BCUT2D eigenvalue weighted by Crippen LogP contribution is 2.36. The van der Waals surface area contributed by atoms with Crippen LogP contribution in [0.1, 0.15) is 16.1 Å². The van der Waals surface area contributed by atoms with Gasteiger partial charge in [-0.25, -0.2) is 9.78 Å². The van der Waals surface area contributed by atoms with E-state index < -0.39 is 17.7 Å². The number of nitrogen functional groups attached to an aromatic ring is 1. The van der Waals surface area contributed by atoms with Gasteiger partial charge in [0.25, 0.3) is 0 Å². The molecule has 2 aromatic rings. The fraction of sp³-hybridized carbons (Fsp3) is 0.143. The zero-order valence-corrected chi connectivity index (χ0v) is 10.9. The molecular weight excluding hydrogens is 285 g/mol. The molecule has 2 N–H and O–H groups in total. The summed E-state index contributed by atoms with van der Waals surface area (Å²) in [6.45, 7) is 0. The van der Waals surface area contributed by atoms with Gasteiger partial charge in [0.2, 0.25) is 0 Å². The van der Waals surface area contributed by atoms with Gasteiger partial charge in [0.15, 0.2) is 5.69 Å². The molecule has 21 heavy (non-hydrogen) atoms. The van der Waals surface area contributed by atoms with Gasteiger partial charge in [-0.15, -0.1) is 0 Å². The molecule has 2 rings (SSSR count). The molecule has 0 fully saturated rings. The van der Waals surface area contributed by atoms with Crippen LogP contribution in [0.2, 0.25) is 0 Å². The minimum atomic E-state index is -4.52. The molecule has 0 aliphatic rings. The van der Waals surface area contributed by atoms with Crippen molar-refractivity contribution in [2.75, 3.05) is 12.8 Å². The van der Waals surface area contributed by atoms with Gasteiger partial charge in [-0.1, -0.05) is 18.2 Å². The number of rotatable bonds is 2. The second-order valence-electron chi connectivity index (χ2n) is 4.17. The predicted octanol–water partition coefficient (Wildman–Crippen LogP) is 3.14. The lowest BCUT2D eigenvalue weighted by molar-refractivity contribution is -0.137. The fourth-order valence-electron chi connectivity index (χ4n) is 1.83. The number of halogens is 3. The molecule has 0 aliphatic carbocycles.